The van der Waals surface area contributed by atoms with Gasteiger partial charge < -0.3 is 24.2 Å². The average molecular weight is 507 g/mol. The third-order valence-electron chi connectivity index (χ3n) is 6.36. The first-order valence-electron chi connectivity index (χ1n) is 12.6. The molecule has 0 spiro atoms. The third-order valence-corrected chi connectivity index (χ3v) is 6.36. The van der Waals surface area contributed by atoms with Gasteiger partial charge in [-0.05, 0) is 55.8 Å². The summed E-state index contributed by atoms with van der Waals surface area (Å²) >= 11 is 0. The van der Waals surface area contributed by atoms with Crippen LogP contribution in [0.25, 0.3) is 5.76 Å². The molecule has 196 valence electrons. The normalized spacial score (nSPS) is 19.9. The van der Waals surface area contributed by atoms with E-state index in [0.717, 1.165) is 13.1 Å². The lowest BCUT2D eigenvalue weighted by Gasteiger charge is -2.31. The first kappa shape index (κ1) is 26.4. The van der Waals surface area contributed by atoms with Gasteiger partial charge in [0.05, 0.1) is 30.9 Å². The van der Waals surface area contributed by atoms with Crippen molar-refractivity contribution in [3.63, 3.8) is 0 Å². The number of benzene rings is 2. The summed E-state index contributed by atoms with van der Waals surface area (Å²) in [5.41, 5.74) is 1.23. The molecule has 2 aliphatic heterocycles. The van der Waals surface area contributed by atoms with Crippen molar-refractivity contribution in [2.24, 2.45) is 0 Å². The van der Waals surface area contributed by atoms with E-state index >= 15 is 0 Å². The summed E-state index contributed by atoms with van der Waals surface area (Å²) in [6, 6.07) is 13.4. The van der Waals surface area contributed by atoms with Gasteiger partial charge in [-0.2, -0.15) is 0 Å². The molecule has 0 bridgehead atoms. The maximum atomic E-state index is 13.3. The topological polar surface area (TPSA) is 88.5 Å². The highest BCUT2D eigenvalue weighted by atomic mass is 16.5. The highest BCUT2D eigenvalue weighted by molar-refractivity contribution is 6.46. The molecule has 2 heterocycles. The smallest absolute Gasteiger partial charge is 0.295 e. The molecule has 1 N–H and O–H groups in total. The van der Waals surface area contributed by atoms with Crippen LogP contribution in [-0.4, -0.2) is 78.7 Å². The molecule has 8 heteroatoms. The predicted octanol–water partition coefficient (Wildman–Crippen LogP) is 3.79. The second kappa shape index (κ2) is 12.1. The number of ketones is 1. The van der Waals surface area contributed by atoms with Crippen molar-refractivity contribution in [2.45, 2.75) is 26.0 Å². The highest BCUT2D eigenvalue weighted by Crippen LogP contribution is 2.40. The van der Waals surface area contributed by atoms with Crippen LogP contribution in [0.5, 0.6) is 11.5 Å². The molecule has 0 aromatic heterocycles. The van der Waals surface area contributed by atoms with Gasteiger partial charge in [-0.25, -0.2) is 0 Å². The van der Waals surface area contributed by atoms with E-state index in [0.29, 0.717) is 55.5 Å². The highest BCUT2D eigenvalue weighted by Gasteiger charge is 2.46. The zero-order valence-corrected chi connectivity index (χ0v) is 21.4. The Balaban J connectivity index is 1.68. The van der Waals surface area contributed by atoms with Gasteiger partial charge in [-0.1, -0.05) is 24.8 Å². The van der Waals surface area contributed by atoms with E-state index in [4.69, 9.17) is 14.2 Å². The fourth-order valence-corrected chi connectivity index (χ4v) is 4.55. The Labute approximate surface area is 217 Å². The van der Waals surface area contributed by atoms with Crippen LogP contribution in [-0.2, 0) is 14.3 Å². The van der Waals surface area contributed by atoms with Crippen LogP contribution in [0.4, 0.5) is 0 Å². The number of Topliss-reactive ketones (excluding diaryl/α,β-unsaturated/α-hetero) is 1. The second-order valence-corrected chi connectivity index (χ2v) is 9.31. The lowest BCUT2D eigenvalue weighted by atomic mass is 9.95. The summed E-state index contributed by atoms with van der Waals surface area (Å²) < 4.78 is 16.7. The van der Waals surface area contributed by atoms with Gasteiger partial charge in [0.1, 0.15) is 23.9 Å². The van der Waals surface area contributed by atoms with E-state index in [2.05, 4.69) is 11.5 Å². The van der Waals surface area contributed by atoms with Crippen LogP contribution in [0.3, 0.4) is 0 Å². The van der Waals surface area contributed by atoms with Gasteiger partial charge in [0.15, 0.2) is 0 Å². The second-order valence-electron chi connectivity index (χ2n) is 9.31. The molecule has 1 atom stereocenters. The maximum absolute atomic E-state index is 13.3. The van der Waals surface area contributed by atoms with Gasteiger partial charge in [0.2, 0.25) is 0 Å². The number of aliphatic hydroxyl groups is 1. The number of aliphatic hydroxyl groups excluding tert-OH is 1. The molecule has 8 nitrogen and oxygen atoms in total. The zero-order valence-electron chi connectivity index (χ0n) is 21.4. The van der Waals surface area contributed by atoms with Crippen molar-refractivity contribution < 1.29 is 28.9 Å². The number of likely N-dealkylation sites (tertiary alicyclic amines) is 1. The minimum atomic E-state index is -0.721. The Morgan fingerprint density at radius 1 is 1.05 bits per heavy atom. The lowest BCUT2D eigenvalue weighted by molar-refractivity contribution is -0.140. The molecule has 1 amide bonds. The molecule has 2 saturated heterocycles. The number of nitrogens with zero attached hydrogens (tertiary/aromatic N) is 2. The van der Waals surface area contributed by atoms with Crippen LogP contribution >= 0.6 is 0 Å². The molecule has 2 aliphatic rings. The molecule has 0 aliphatic carbocycles. The molecule has 0 radical (unpaired) electrons. The van der Waals surface area contributed by atoms with Crippen LogP contribution < -0.4 is 9.47 Å². The quantitative estimate of drug-likeness (QED) is 0.227. The number of carbonyl (C=O) groups excluding carboxylic acids is 2. The number of amides is 1. The van der Waals surface area contributed by atoms with Gasteiger partial charge in [-0.15, -0.1) is 0 Å². The summed E-state index contributed by atoms with van der Waals surface area (Å²) in [6.45, 7) is 11.7. The van der Waals surface area contributed by atoms with Crippen molar-refractivity contribution in [1.29, 1.82) is 0 Å². The van der Waals surface area contributed by atoms with E-state index in [1.165, 1.54) is 0 Å². The van der Waals surface area contributed by atoms with E-state index in [-0.39, 0.29) is 17.4 Å². The SMILES string of the molecule is C=CCOc1ccc(C2C(=C(O)c3ccc(OC(C)C)cc3)C(=O)C(=O)N2CCN2CCOCC2)cc1. The number of hydrogen-bond donors (Lipinski definition) is 1. The van der Waals surface area contributed by atoms with Gasteiger partial charge in [-0.3, -0.25) is 14.5 Å². The maximum Gasteiger partial charge on any atom is 0.295 e. The van der Waals surface area contributed by atoms with Crippen molar-refractivity contribution in [3.8, 4) is 11.5 Å². The fourth-order valence-electron chi connectivity index (χ4n) is 4.55. The Morgan fingerprint density at radius 3 is 2.32 bits per heavy atom. The van der Waals surface area contributed by atoms with Crippen molar-refractivity contribution in [3.05, 3.63) is 77.9 Å². The molecule has 2 aromatic rings. The molecular weight excluding hydrogens is 472 g/mol. The molecule has 37 heavy (non-hydrogen) atoms. The van der Waals surface area contributed by atoms with Crippen LogP contribution in [0.2, 0.25) is 0 Å². The Morgan fingerprint density at radius 2 is 1.70 bits per heavy atom. The van der Waals surface area contributed by atoms with Gasteiger partial charge >= 0.3 is 0 Å². The first-order chi connectivity index (χ1) is 17.9. The summed E-state index contributed by atoms with van der Waals surface area (Å²) in [6.07, 6.45) is 1.67. The third kappa shape index (κ3) is 6.21. The zero-order chi connectivity index (χ0) is 26.4. The van der Waals surface area contributed by atoms with Crippen LogP contribution in [0.15, 0.2) is 66.8 Å². The first-order valence-corrected chi connectivity index (χ1v) is 12.6. The van der Waals surface area contributed by atoms with E-state index in [1.807, 2.05) is 26.0 Å². The Bertz CT molecular complexity index is 1130. The average Bonchev–Trinajstić information content (AvgIpc) is 3.16. The Kier molecular flexibility index (Phi) is 8.63. The number of morpholine rings is 1. The van der Waals surface area contributed by atoms with Gasteiger partial charge in [0, 0.05) is 31.7 Å². The number of rotatable bonds is 10. The Hall–Kier alpha value is -3.62. The molecule has 1 unspecified atom stereocenters. The number of carbonyl (C=O) groups is 2. The molecule has 2 aromatic carbocycles. The fraction of sp³-hybridized carbons (Fsp3) is 0.379. The molecule has 0 saturated carbocycles. The summed E-state index contributed by atoms with van der Waals surface area (Å²) in [5.74, 6) is -0.218. The van der Waals surface area contributed by atoms with Crippen LogP contribution in [0.1, 0.15) is 31.0 Å². The van der Waals surface area contributed by atoms with E-state index in [9.17, 15) is 14.7 Å². The van der Waals surface area contributed by atoms with E-state index < -0.39 is 17.7 Å². The summed E-state index contributed by atoms with van der Waals surface area (Å²) in [4.78, 5) is 30.3. The van der Waals surface area contributed by atoms with Gasteiger partial charge in [0.25, 0.3) is 11.7 Å². The standard InChI is InChI=1S/C29H34N2O6/c1-4-17-36-23-9-5-21(6-10-23)26-25(27(32)22-7-11-24(12-8-22)37-20(2)3)28(33)29(34)31(26)14-13-30-15-18-35-19-16-30/h4-12,20,26,32H,1,13-19H2,2-3H3. The minimum absolute atomic E-state index is 0.00895. The summed E-state index contributed by atoms with van der Waals surface area (Å²) in [7, 11) is 0. The van der Waals surface area contributed by atoms with Crippen LogP contribution in [0, 0.1) is 0 Å². The predicted molar refractivity (Wildman–Crippen MR) is 141 cm³/mol. The monoisotopic (exact) mass is 506 g/mol. The number of hydrogen-bond acceptors (Lipinski definition) is 7. The summed E-state index contributed by atoms with van der Waals surface area (Å²) in [5, 5.41) is 11.3. The van der Waals surface area contributed by atoms with E-state index in [1.54, 1.807) is 47.4 Å². The number of ether oxygens (including phenoxy) is 3. The molecular formula is C29H34N2O6. The molecule has 2 fully saturated rings. The molecule has 4 rings (SSSR count). The lowest BCUT2D eigenvalue weighted by Crippen LogP contribution is -2.42. The van der Waals surface area contributed by atoms with Crippen molar-refractivity contribution in [1.82, 2.24) is 9.80 Å². The largest absolute Gasteiger partial charge is 0.507 e. The van der Waals surface area contributed by atoms with Crippen molar-refractivity contribution >= 4 is 17.4 Å². The minimum Gasteiger partial charge on any atom is -0.507 e. The van der Waals surface area contributed by atoms with Crippen molar-refractivity contribution in [2.75, 3.05) is 46.0 Å².